The Morgan fingerprint density at radius 3 is 3.00 bits per heavy atom. The van der Waals surface area contributed by atoms with Crippen LogP contribution in [-0.4, -0.2) is 58.1 Å². The van der Waals surface area contributed by atoms with Gasteiger partial charge in [0.05, 0.1) is 11.6 Å². The van der Waals surface area contributed by atoms with Gasteiger partial charge < -0.3 is 15.1 Å². The molecular formula is C18H20FN5O3. The van der Waals surface area contributed by atoms with Gasteiger partial charge in [0.2, 0.25) is 17.7 Å². The zero-order valence-electron chi connectivity index (χ0n) is 14.8. The lowest BCUT2D eigenvalue weighted by Gasteiger charge is -2.36. The van der Waals surface area contributed by atoms with Crippen molar-refractivity contribution < 1.29 is 18.4 Å². The number of hydrogen-bond acceptors (Lipinski definition) is 6. The van der Waals surface area contributed by atoms with Crippen molar-refractivity contribution in [1.82, 2.24) is 25.7 Å². The molecule has 1 aromatic carbocycles. The molecule has 2 aliphatic rings. The SMILES string of the molecule is CC(=O)N[C@H]1C[C@H]2C(=O)NC[C@@H](Cc3nnc(-c4ccccc4F)o3)N2C1. The summed E-state index contributed by atoms with van der Waals surface area (Å²) in [6.07, 6.45) is 1.01. The molecule has 0 aliphatic carbocycles. The van der Waals surface area contributed by atoms with E-state index in [1.54, 1.807) is 18.2 Å². The highest BCUT2D eigenvalue weighted by atomic mass is 19.1. The molecule has 27 heavy (non-hydrogen) atoms. The number of nitrogens with zero attached hydrogens (tertiary/aromatic N) is 3. The number of rotatable bonds is 4. The molecule has 0 spiro atoms. The molecular weight excluding hydrogens is 353 g/mol. The molecule has 2 fully saturated rings. The number of amides is 2. The molecule has 2 saturated heterocycles. The van der Waals surface area contributed by atoms with Crippen molar-refractivity contribution in [2.45, 2.75) is 37.9 Å². The smallest absolute Gasteiger partial charge is 0.250 e. The Kier molecular flexibility index (Phi) is 4.61. The van der Waals surface area contributed by atoms with Crippen molar-refractivity contribution >= 4 is 11.8 Å². The molecule has 8 nitrogen and oxygen atoms in total. The molecule has 0 saturated carbocycles. The van der Waals surface area contributed by atoms with Crippen LogP contribution in [0, 0.1) is 5.82 Å². The van der Waals surface area contributed by atoms with Crippen LogP contribution in [0.15, 0.2) is 28.7 Å². The van der Waals surface area contributed by atoms with E-state index in [0.29, 0.717) is 31.8 Å². The summed E-state index contributed by atoms with van der Waals surface area (Å²) in [5.74, 6) is -0.0385. The first-order valence-electron chi connectivity index (χ1n) is 8.89. The van der Waals surface area contributed by atoms with E-state index in [4.69, 9.17) is 4.42 Å². The van der Waals surface area contributed by atoms with Gasteiger partial charge in [-0.05, 0) is 18.6 Å². The van der Waals surface area contributed by atoms with Gasteiger partial charge in [0.1, 0.15) is 5.82 Å². The van der Waals surface area contributed by atoms with E-state index >= 15 is 0 Å². The highest BCUT2D eigenvalue weighted by Gasteiger charge is 2.44. The Morgan fingerprint density at radius 1 is 1.41 bits per heavy atom. The fraction of sp³-hybridized carbons (Fsp3) is 0.444. The van der Waals surface area contributed by atoms with Gasteiger partial charge in [-0.3, -0.25) is 14.5 Å². The Hall–Kier alpha value is -2.81. The fourth-order valence-electron chi connectivity index (χ4n) is 3.84. The van der Waals surface area contributed by atoms with Crippen LogP contribution in [0.1, 0.15) is 19.2 Å². The van der Waals surface area contributed by atoms with Gasteiger partial charge in [0, 0.05) is 38.5 Å². The summed E-state index contributed by atoms with van der Waals surface area (Å²) in [5, 5.41) is 13.8. The molecule has 2 N–H and O–H groups in total. The quantitative estimate of drug-likeness (QED) is 0.809. The third kappa shape index (κ3) is 3.55. The van der Waals surface area contributed by atoms with Crippen LogP contribution >= 0.6 is 0 Å². The van der Waals surface area contributed by atoms with E-state index in [1.165, 1.54) is 13.0 Å². The summed E-state index contributed by atoms with van der Waals surface area (Å²) in [6, 6.07) is 5.86. The van der Waals surface area contributed by atoms with E-state index in [2.05, 4.69) is 25.7 Å². The zero-order chi connectivity index (χ0) is 19.0. The summed E-state index contributed by atoms with van der Waals surface area (Å²) < 4.78 is 19.5. The molecule has 142 valence electrons. The highest BCUT2D eigenvalue weighted by molar-refractivity contribution is 5.83. The monoisotopic (exact) mass is 373 g/mol. The summed E-state index contributed by atoms with van der Waals surface area (Å²) in [4.78, 5) is 25.6. The lowest BCUT2D eigenvalue weighted by Crippen LogP contribution is -2.58. The van der Waals surface area contributed by atoms with Crippen LogP contribution in [0.3, 0.4) is 0 Å². The van der Waals surface area contributed by atoms with Crippen molar-refractivity contribution in [1.29, 1.82) is 0 Å². The van der Waals surface area contributed by atoms with E-state index in [0.717, 1.165) is 0 Å². The maximum absolute atomic E-state index is 13.9. The zero-order valence-corrected chi connectivity index (χ0v) is 14.8. The molecule has 2 aromatic rings. The molecule has 3 atom stereocenters. The number of piperazine rings is 1. The number of carbonyl (C=O) groups excluding carboxylic acids is 2. The molecule has 3 heterocycles. The minimum Gasteiger partial charge on any atom is -0.421 e. The van der Waals surface area contributed by atoms with Crippen LogP contribution < -0.4 is 10.6 Å². The Labute approximate surface area is 155 Å². The minimum absolute atomic E-state index is 0.0274. The van der Waals surface area contributed by atoms with Crippen LogP contribution in [0.25, 0.3) is 11.5 Å². The largest absolute Gasteiger partial charge is 0.421 e. The van der Waals surface area contributed by atoms with Crippen LogP contribution in [-0.2, 0) is 16.0 Å². The van der Waals surface area contributed by atoms with Crippen LogP contribution in [0.4, 0.5) is 4.39 Å². The predicted molar refractivity (Wildman–Crippen MR) is 92.9 cm³/mol. The number of hydrogen-bond donors (Lipinski definition) is 2. The van der Waals surface area contributed by atoms with E-state index in [9.17, 15) is 14.0 Å². The lowest BCUT2D eigenvalue weighted by molar-refractivity contribution is -0.129. The van der Waals surface area contributed by atoms with Crippen LogP contribution in [0.5, 0.6) is 0 Å². The first-order chi connectivity index (χ1) is 13.0. The van der Waals surface area contributed by atoms with Gasteiger partial charge in [-0.2, -0.15) is 0 Å². The maximum Gasteiger partial charge on any atom is 0.250 e. The van der Waals surface area contributed by atoms with E-state index in [1.807, 2.05) is 0 Å². The molecule has 4 rings (SSSR count). The molecule has 0 unspecified atom stereocenters. The third-order valence-electron chi connectivity index (χ3n) is 5.01. The van der Waals surface area contributed by atoms with E-state index in [-0.39, 0.29) is 41.4 Å². The minimum atomic E-state index is -0.421. The normalized spacial score (nSPS) is 25.1. The predicted octanol–water partition coefficient (Wildman–Crippen LogP) is 0.496. The average Bonchev–Trinajstić information content (AvgIpc) is 3.25. The number of halogens is 1. The molecule has 0 bridgehead atoms. The lowest BCUT2D eigenvalue weighted by atomic mass is 10.1. The second-order valence-corrected chi connectivity index (χ2v) is 6.93. The van der Waals surface area contributed by atoms with Gasteiger partial charge in [-0.1, -0.05) is 12.1 Å². The van der Waals surface area contributed by atoms with Crippen molar-refractivity contribution in [3.8, 4) is 11.5 Å². The average molecular weight is 373 g/mol. The molecule has 1 aromatic heterocycles. The van der Waals surface area contributed by atoms with Crippen molar-refractivity contribution in [3.05, 3.63) is 36.0 Å². The van der Waals surface area contributed by atoms with Gasteiger partial charge in [0.25, 0.3) is 5.89 Å². The Balaban J connectivity index is 1.49. The number of fused-ring (bicyclic) bond motifs is 1. The summed E-state index contributed by atoms with van der Waals surface area (Å²) >= 11 is 0. The van der Waals surface area contributed by atoms with Crippen LogP contribution in [0.2, 0.25) is 0 Å². The Bertz CT molecular complexity index is 870. The molecule has 2 aliphatic heterocycles. The molecule has 2 amide bonds. The second kappa shape index (κ2) is 7.07. The third-order valence-corrected chi connectivity index (χ3v) is 5.01. The number of carbonyl (C=O) groups is 2. The fourth-order valence-corrected chi connectivity index (χ4v) is 3.84. The summed E-state index contributed by atoms with van der Waals surface area (Å²) in [5.41, 5.74) is 0.262. The standard InChI is InChI=1S/C18H20FN5O3/c1-10(25)21-11-6-15-17(26)20-8-12(24(15)9-11)7-16-22-23-18(27-16)13-4-2-3-5-14(13)19/h2-5,11-12,15H,6-9H2,1H3,(H,20,26)(H,21,25)/t11-,12+,15-/m0/s1. The first-order valence-corrected chi connectivity index (χ1v) is 8.89. The number of benzene rings is 1. The topological polar surface area (TPSA) is 100 Å². The van der Waals surface area contributed by atoms with Gasteiger partial charge in [-0.25, -0.2) is 4.39 Å². The molecule has 0 radical (unpaired) electrons. The van der Waals surface area contributed by atoms with E-state index < -0.39 is 5.82 Å². The number of aromatic nitrogens is 2. The second-order valence-electron chi connectivity index (χ2n) is 6.93. The van der Waals surface area contributed by atoms with Crippen molar-refractivity contribution in [2.75, 3.05) is 13.1 Å². The van der Waals surface area contributed by atoms with Gasteiger partial charge in [0.15, 0.2) is 0 Å². The summed E-state index contributed by atoms with van der Waals surface area (Å²) in [6.45, 7) is 2.52. The van der Waals surface area contributed by atoms with Crippen molar-refractivity contribution in [3.63, 3.8) is 0 Å². The Morgan fingerprint density at radius 2 is 2.22 bits per heavy atom. The highest BCUT2D eigenvalue weighted by Crippen LogP contribution is 2.27. The first kappa shape index (κ1) is 17.6. The summed E-state index contributed by atoms with van der Waals surface area (Å²) in [7, 11) is 0. The molecule has 9 heteroatoms. The van der Waals surface area contributed by atoms with Crippen molar-refractivity contribution in [2.24, 2.45) is 0 Å². The maximum atomic E-state index is 13.9. The van der Waals surface area contributed by atoms with Gasteiger partial charge in [-0.15, -0.1) is 10.2 Å². The number of nitrogens with one attached hydrogen (secondary N) is 2. The van der Waals surface area contributed by atoms with Gasteiger partial charge >= 0.3 is 0 Å².